The van der Waals surface area contributed by atoms with Gasteiger partial charge in [-0.15, -0.1) is 0 Å². The molecule has 0 radical (unpaired) electrons. The third-order valence-electron chi connectivity index (χ3n) is 4.09. The van der Waals surface area contributed by atoms with Gasteiger partial charge in [0.05, 0.1) is 11.5 Å². The smallest absolute Gasteiger partial charge is 0.312 e. The van der Waals surface area contributed by atoms with Crippen molar-refractivity contribution in [2.45, 2.75) is 43.6 Å². The van der Waals surface area contributed by atoms with Crippen molar-refractivity contribution in [2.24, 2.45) is 0 Å². The van der Waals surface area contributed by atoms with Crippen molar-refractivity contribution >= 4 is 5.97 Å². The molecule has 1 atom stereocenters. The molecular formula is C16H23NO3. The molecule has 20 heavy (non-hydrogen) atoms. The van der Waals surface area contributed by atoms with Crippen LogP contribution in [-0.2, 0) is 4.79 Å². The average molecular weight is 277 g/mol. The molecule has 0 saturated heterocycles. The molecule has 1 aromatic rings. The van der Waals surface area contributed by atoms with Crippen LogP contribution in [0.4, 0.5) is 0 Å². The molecule has 0 amide bonds. The van der Waals surface area contributed by atoms with Gasteiger partial charge in [-0.05, 0) is 18.4 Å². The molecule has 4 nitrogen and oxygen atoms in total. The average Bonchev–Trinajstić information content (AvgIpc) is 2.45. The summed E-state index contributed by atoms with van der Waals surface area (Å²) in [5.74, 6) is -1.40. The normalized spacial score (nSPS) is 19.4. The Bertz CT molecular complexity index is 427. The molecule has 1 saturated carbocycles. The molecule has 1 aliphatic rings. The van der Waals surface area contributed by atoms with Crippen molar-refractivity contribution < 1.29 is 15.0 Å². The van der Waals surface area contributed by atoms with E-state index in [-0.39, 0.29) is 0 Å². The zero-order chi connectivity index (χ0) is 14.4. The zero-order valence-electron chi connectivity index (χ0n) is 11.7. The molecule has 0 bridgehead atoms. The number of aliphatic hydroxyl groups is 1. The van der Waals surface area contributed by atoms with Crippen molar-refractivity contribution in [1.82, 2.24) is 5.32 Å². The van der Waals surface area contributed by atoms with Crippen LogP contribution in [0, 0.1) is 0 Å². The second-order valence-electron chi connectivity index (χ2n) is 5.72. The quantitative estimate of drug-likeness (QED) is 0.745. The summed E-state index contributed by atoms with van der Waals surface area (Å²) in [5.41, 5.74) is 0.140. The highest BCUT2D eigenvalue weighted by molar-refractivity contribution is 5.76. The Morgan fingerprint density at radius 1 is 1.20 bits per heavy atom. The van der Waals surface area contributed by atoms with Crippen molar-refractivity contribution in [2.75, 3.05) is 13.1 Å². The lowest BCUT2D eigenvalue weighted by Crippen LogP contribution is -2.43. The number of hydrogen-bond acceptors (Lipinski definition) is 3. The van der Waals surface area contributed by atoms with Gasteiger partial charge >= 0.3 is 5.97 Å². The van der Waals surface area contributed by atoms with E-state index >= 15 is 0 Å². The molecule has 0 aromatic heterocycles. The Balaban J connectivity index is 1.88. The number of aliphatic carboxylic acids is 1. The largest absolute Gasteiger partial charge is 0.481 e. The van der Waals surface area contributed by atoms with E-state index in [2.05, 4.69) is 5.32 Å². The van der Waals surface area contributed by atoms with Crippen LogP contribution < -0.4 is 5.32 Å². The minimum atomic E-state index is -0.834. The molecule has 1 aromatic carbocycles. The van der Waals surface area contributed by atoms with Crippen molar-refractivity contribution in [3.8, 4) is 0 Å². The standard InChI is InChI=1S/C16H23NO3/c18-15(19)14(13-7-3-1-4-8-13)11-17-12-16(20)9-5-2-6-10-16/h1,3-4,7-8,14,17,20H,2,5-6,9-12H2,(H,18,19). The van der Waals surface area contributed by atoms with E-state index in [4.69, 9.17) is 0 Å². The molecular weight excluding hydrogens is 254 g/mol. The summed E-state index contributed by atoms with van der Waals surface area (Å²) in [6, 6.07) is 9.23. The lowest BCUT2D eigenvalue weighted by atomic mass is 9.85. The first-order valence-corrected chi connectivity index (χ1v) is 7.32. The van der Waals surface area contributed by atoms with Gasteiger partial charge in [-0.1, -0.05) is 49.6 Å². The van der Waals surface area contributed by atoms with Gasteiger partial charge in [0.25, 0.3) is 0 Å². The van der Waals surface area contributed by atoms with Gasteiger partial charge < -0.3 is 15.5 Å². The summed E-state index contributed by atoms with van der Waals surface area (Å²) < 4.78 is 0. The maximum atomic E-state index is 11.4. The van der Waals surface area contributed by atoms with E-state index in [1.165, 1.54) is 6.42 Å². The number of hydrogen-bond donors (Lipinski definition) is 3. The fourth-order valence-electron chi connectivity index (χ4n) is 2.87. The van der Waals surface area contributed by atoms with Crippen molar-refractivity contribution in [1.29, 1.82) is 0 Å². The van der Waals surface area contributed by atoms with E-state index in [0.29, 0.717) is 13.1 Å². The summed E-state index contributed by atoms with van der Waals surface area (Å²) in [6.07, 6.45) is 4.91. The highest BCUT2D eigenvalue weighted by atomic mass is 16.4. The Morgan fingerprint density at radius 2 is 1.85 bits per heavy atom. The van der Waals surface area contributed by atoms with Crippen LogP contribution in [0.15, 0.2) is 30.3 Å². The Hall–Kier alpha value is -1.39. The maximum absolute atomic E-state index is 11.4. The second kappa shape index (κ2) is 6.86. The molecule has 0 spiro atoms. The molecule has 110 valence electrons. The van der Waals surface area contributed by atoms with Gasteiger partial charge in [-0.2, -0.15) is 0 Å². The first-order valence-electron chi connectivity index (χ1n) is 7.32. The van der Waals surface area contributed by atoms with Crippen LogP contribution in [0.1, 0.15) is 43.6 Å². The van der Waals surface area contributed by atoms with E-state index in [0.717, 1.165) is 31.2 Å². The highest BCUT2D eigenvalue weighted by Gasteiger charge is 2.29. The van der Waals surface area contributed by atoms with Crippen LogP contribution in [0.3, 0.4) is 0 Å². The van der Waals surface area contributed by atoms with Gasteiger partial charge in [0, 0.05) is 13.1 Å². The van der Waals surface area contributed by atoms with Gasteiger partial charge in [-0.25, -0.2) is 0 Å². The molecule has 4 heteroatoms. The lowest BCUT2D eigenvalue weighted by Gasteiger charge is -2.32. The summed E-state index contributed by atoms with van der Waals surface area (Å²) in [5, 5.41) is 22.9. The summed E-state index contributed by atoms with van der Waals surface area (Å²) in [7, 11) is 0. The molecule has 0 aliphatic heterocycles. The second-order valence-corrected chi connectivity index (χ2v) is 5.72. The predicted octanol–water partition coefficient (Wildman–Crippen LogP) is 2.14. The van der Waals surface area contributed by atoms with Crippen LogP contribution in [0.5, 0.6) is 0 Å². The summed E-state index contributed by atoms with van der Waals surface area (Å²) in [6.45, 7) is 0.825. The number of nitrogens with one attached hydrogen (secondary N) is 1. The molecule has 1 aliphatic carbocycles. The number of carbonyl (C=O) groups is 1. The van der Waals surface area contributed by atoms with Crippen LogP contribution in [0.2, 0.25) is 0 Å². The predicted molar refractivity (Wildman–Crippen MR) is 77.7 cm³/mol. The molecule has 1 unspecified atom stereocenters. The monoisotopic (exact) mass is 277 g/mol. The first kappa shape index (κ1) is 15.0. The Kier molecular flexibility index (Phi) is 5.15. The first-order chi connectivity index (χ1) is 9.61. The Morgan fingerprint density at radius 3 is 2.45 bits per heavy atom. The van der Waals surface area contributed by atoms with Crippen molar-refractivity contribution in [3.63, 3.8) is 0 Å². The number of rotatable bonds is 6. The highest BCUT2D eigenvalue weighted by Crippen LogP contribution is 2.27. The SMILES string of the molecule is O=C(O)C(CNCC1(O)CCCCC1)c1ccccc1. The molecule has 3 N–H and O–H groups in total. The van der Waals surface area contributed by atoms with Crippen molar-refractivity contribution in [3.05, 3.63) is 35.9 Å². The van der Waals surface area contributed by atoms with Gasteiger partial charge in [0.1, 0.15) is 0 Å². The van der Waals surface area contributed by atoms with Gasteiger partial charge in [-0.3, -0.25) is 4.79 Å². The molecule has 1 fully saturated rings. The molecule has 2 rings (SSSR count). The van der Waals surface area contributed by atoms with Crippen LogP contribution in [-0.4, -0.2) is 34.9 Å². The number of benzene rings is 1. The van der Waals surface area contributed by atoms with E-state index < -0.39 is 17.5 Å². The fourth-order valence-corrected chi connectivity index (χ4v) is 2.87. The number of carboxylic acid groups (broad SMARTS) is 1. The fraction of sp³-hybridized carbons (Fsp3) is 0.562. The summed E-state index contributed by atoms with van der Waals surface area (Å²) >= 11 is 0. The third-order valence-corrected chi connectivity index (χ3v) is 4.09. The maximum Gasteiger partial charge on any atom is 0.312 e. The van der Waals surface area contributed by atoms with E-state index in [9.17, 15) is 15.0 Å². The van der Waals surface area contributed by atoms with Gasteiger partial charge in [0.2, 0.25) is 0 Å². The van der Waals surface area contributed by atoms with Crippen LogP contribution >= 0.6 is 0 Å². The van der Waals surface area contributed by atoms with E-state index in [1.54, 1.807) is 0 Å². The summed E-state index contributed by atoms with van der Waals surface area (Å²) in [4.78, 5) is 11.4. The number of carboxylic acids is 1. The van der Waals surface area contributed by atoms with Crippen LogP contribution in [0.25, 0.3) is 0 Å². The van der Waals surface area contributed by atoms with Gasteiger partial charge in [0.15, 0.2) is 0 Å². The van der Waals surface area contributed by atoms with E-state index in [1.807, 2.05) is 30.3 Å². The minimum absolute atomic E-state index is 0.349. The lowest BCUT2D eigenvalue weighted by molar-refractivity contribution is -0.138. The minimum Gasteiger partial charge on any atom is -0.481 e. The molecule has 0 heterocycles. The zero-order valence-corrected chi connectivity index (χ0v) is 11.7. The topological polar surface area (TPSA) is 69.6 Å². The third kappa shape index (κ3) is 4.05. The Labute approximate surface area is 119 Å².